The largest absolute Gasteiger partial charge is 0.369 e. The van der Waals surface area contributed by atoms with Gasteiger partial charge in [0.1, 0.15) is 0 Å². The number of para-hydroxylation sites is 1. The monoisotopic (exact) mass is 372 g/mol. The van der Waals surface area contributed by atoms with Crippen LogP contribution in [-0.2, 0) is 4.79 Å². The van der Waals surface area contributed by atoms with E-state index in [0.29, 0.717) is 6.54 Å². The minimum absolute atomic E-state index is 0.0386. The van der Waals surface area contributed by atoms with Crippen molar-refractivity contribution in [3.8, 4) is 0 Å². The van der Waals surface area contributed by atoms with Gasteiger partial charge in [-0.25, -0.2) is 4.79 Å². The van der Waals surface area contributed by atoms with Crippen molar-refractivity contribution in [1.29, 1.82) is 0 Å². The van der Waals surface area contributed by atoms with E-state index in [-0.39, 0.29) is 23.9 Å². The number of rotatable bonds is 7. The Labute approximate surface area is 162 Å². The van der Waals surface area contributed by atoms with Crippen molar-refractivity contribution in [2.24, 2.45) is 5.92 Å². The van der Waals surface area contributed by atoms with Gasteiger partial charge >= 0.3 is 6.03 Å². The van der Waals surface area contributed by atoms with Gasteiger partial charge in [0.25, 0.3) is 0 Å². The molecule has 3 rings (SSSR count). The molecule has 27 heavy (non-hydrogen) atoms. The second-order valence-electron chi connectivity index (χ2n) is 7.74. The van der Waals surface area contributed by atoms with E-state index in [1.165, 1.54) is 10.6 Å². The number of nitrogens with one attached hydrogen (secondary N) is 1. The van der Waals surface area contributed by atoms with E-state index in [0.717, 1.165) is 52.0 Å². The van der Waals surface area contributed by atoms with Gasteiger partial charge in [0.15, 0.2) is 0 Å². The third kappa shape index (κ3) is 5.01. The fourth-order valence-electron chi connectivity index (χ4n) is 3.82. The molecule has 0 aliphatic carbocycles. The summed E-state index contributed by atoms with van der Waals surface area (Å²) >= 11 is 0. The number of piperazine rings is 1. The number of imide groups is 1. The van der Waals surface area contributed by atoms with Crippen LogP contribution in [0.25, 0.3) is 0 Å². The third-order valence-electron chi connectivity index (χ3n) is 5.85. The quantitative estimate of drug-likeness (QED) is 0.748. The zero-order valence-electron chi connectivity index (χ0n) is 16.6. The van der Waals surface area contributed by atoms with Crippen molar-refractivity contribution in [1.82, 2.24) is 15.1 Å². The second-order valence-corrected chi connectivity index (χ2v) is 7.74. The lowest BCUT2D eigenvalue weighted by atomic mass is 9.99. The summed E-state index contributed by atoms with van der Waals surface area (Å²) in [4.78, 5) is 30.6. The molecule has 2 saturated heterocycles. The average Bonchev–Trinajstić information content (AvgIpc) is 2.69. The Morgan fingerprint density at radius 2 is 1.59 bits per heavy atom. The lowest BCUT2D eigenvalue weighted by Crippen LogP contribution is -2.58. The summed E-state index contributed by atoms with van der Waals surface area (Å²) in [6.07, 6.45) is 3.03. The van der Waals surface area contributed by atoms with E-state index in [1.807, 2.05) is 13.8 Å². The van der Waals surface area contributed by atoms with Gasteiger partial charge in [0.2, 0.25) is 5.91 Å². The Kier molecular flexibility index (Phi) is 6.72. The van der Waals surface area contributed by atoms with E-state index in [1.54, 1.807) is 0 Å². The molecule has 1 aromatic rings. The Hall–Kier alpha value is -2.08. The number of urea groups is 1. The van der Waals surface area contributed by atoms with Crippen LogP contribution in [0.3, 0.4) is 0 Å². The topological polar surface area (TPSA) is 55.9 Å². The van der Waals surface area contributed by atoms with Gasteiger partial charge in [0, 0.05) is 44.5 Å². The van der Waals surface area contributed by atoms with E-state index >= 15 is 0 Å². The molecule has 0 spiro atoms. The molecule has 2 unspecified atom stereocenters. The molecule has 1 N–H and O–H groups in total. The van der Waals surface area contributed by atoms with Crippen LogP contribution in [0.1, 0.15) is 33.1 Å². The van der Waals surface area contributed by atoms with Gasteiger partial charge in [0.05, 0.1) is 5.92 Å². The van der Waals surface area contributed by atoms with Crippen molar-refractivity contribution >= 4 is 17.6 Å². The number of hydrogen-bond acceptors (Lipinski definition) is 4. The van der Waals surface area contributed by atoms with Crippen molar-refractivity contribution in [2.75, 3.05) is 44.2 Å². The molecule has 2 aliphatic rings. The Balaban J connectivity index is 1.31. The predicted molar refractivity (Wildman–Crippen MR) is 108 cm³/mol. The highest BCUT2D eigenvalue weighted by Crippen LogP contribution is 2.17. The second kappa shape index (κ2) is 9.22. The van der Waals surface area contributed by atoms with E-state index in [9.17, 15) is 9.59 Å². The molecule has 2 fully saturated rings. The third-order valence-corrected chi connectivity index (χ3v) is 5.85. The van der Waals surface area contributed by atoms with Crippen molar-refractivity contribution in [3.63, 3.8) is 0 Å². The fraction of sp³-hybridized carbons (Fsp3) is 0.619. The van der Waals surface area contributed by atoms with E-state index in [2.05, 4.69) is 45.4 Å². The Morgan fingerprint density at radius 1 is 0.926 bits per heavy atom. The first-order chi connectivity index (χ1) is 13.1. The summed E-state index contributed by atoms with van der Waals surface area (Å²) in [5, 5.41) is 2.87. The van der Waals surface area contributed by atoms with Crippen LogP contribution in [0.15, 0.2) is 30.3 Å². The first-order valence-electron chi connectivity index (χ1n) is 10.2. The number of unbranched alkanes of at least 4 members (excludes halogenated alkanes) is 2. The minimum Gasteiger partial charge on any atom is -0.369 e. The number of benzene rings is 1. The zero-order valence-corrected chi connectivity index (χ0v) is 16.6. The molecule has 1 aromatic carbocycles. The van der Waals surface area contributed by atoms with Gasteiger partial charge in [-0.15, -0.1) is 0 Å². The summed E-state index contributed by atoms with van der Waals surface area (Å²) in [6.45, 7) is 9.73. The van der Waals surface area contributed by atoms with Crippen molar-refractivity contribution < 1.29 is 9.59 Å². The Bertz CT molecular complexity index is 628. The fourth-order valence-corrected chi connectivity index (χ4v) is 3.82. The van der Waals surface area contributed by atoms with E-state index < -0.39 is 0 Å². The molecule has 3 amide bonds. The highest BCUT2D eigenvalue weighted by molar-refractivity contribution is 5.98. The Morgan fingerprint density at radius 3 is 2.30 bits per heavy atom. The number of anilines is 1. The van der Waals surface area contributed by atoms with Crippen LogP contribution in [0.2, 0.25) is 0 Å². The predicted octanol–water partition coefficient (Wildman–Crippen LogP) is 2.56. The molecule has 6 heteroatoms. The summed E-state index contributed by atoms with van der Waals surface area (Å²) < 4.78 is 0. The first kappa shape index (κ1) is 19.7. The number of hydrogen-bond donors (Lipinski definition) is 1. The molecule has 0 bridgehead atoms. The zero-order chi connectivity index (χ0) is 19.2. The van der Waals surface area contributed by atoms with Crippen LogP contribution in [-0.4, -0.2) is 67.0 Å². The molecule has 0 aromatic heterocycles. The maximum absolute atomic E-state index is 12.3. The standard InChI is InChI=1S/C21H32N4O2/c1-17-18(2)22-21(27)25(20(17)26)12-8-4-7-11-23-13-15-24(16-14-23)19-9-5-3-6-10-19/h3,5-6,9-10,17-18H,4,7-8,11-16H2,1-2H3,(H,22,27). The number of nitrogens with zero attached hydrogens (tertiary/aromatic N) is 3. The van der Waals surface area contributed by atoms with Crippen molar-refractivity contribution in [2.45, 2.75) is 39.2 Å². The first-order valence-corrected chi connectivity index (χ1v) is 10.2. The maximum Gasteiger partial charge on any atom is 0.324 e. The number of carbonyl (C=O) groups excluding carboxylic acids is 2. The van der Waals surface area contributed by atoms with Crippen molar-refractivity contribution in [3.05, 3.63) is 30.3 Å². The van der Waals surface area contributed by atoms with Gasteiger partial charge in [-0.2, -0.15) is 0 Å². The number of carbonyl (C=O) groups is 2. The lowest BCUT2D eigenvalue weighted by Gasteiger charge is -2.36. The summed E-state index contributed by atoms with van der Waals surface area (Å²) in [7, 11) is 0. The van der Waals surface area contributed by atoms with Gasteiger partial charge < -0.3 is 10.2 Å². The smallest absolute Gasteiger partial charge is 0.324 e. The summed E-state index contributed by atoms with van der Waals surface area (Å²) in [5.74, 6) is -0.174. The highest BCUT2D eigenvalue weighted by Gasteiger charge is 2.35. The van der Waals surface area contributed by atoms with Crippen LogP contribution in [0, 0.1) is 5.92 Å². The van der Waals surface area contributed by atoms with Gasteiger partial charge in [-0.3, -0.25) is 14.6 Å². The minimum atomic E-state index is -0.234. The molecular weight excluding hydrogens is 340 g/mol. The molecular formula is C21H32N4O2. The average molecular weight is 373 g/mol. The van der Waals surface area contributed by atoms with Gasteiger partial charge in [-0.1, -0.05) is 31.5 Å². The molecule has 0 saturated carbocycles. The molecule has 6 nitrogen and oxygen atoms in total. The molecule has 0 radical (unpaired) electrons. The maximum atomic E-state index is 12.3. The molecule has 2 heterocycles. The van der Waals surface area contributed by atoms with E-state index in [4.69, 9.17) is 0 Å². The van der Waals surface area contributed by atoms with Gasteiger partial charge in [-0.05, 0) is 38.4 Å². The summed E-state index contributed by atoms with van der Waals surface area (Å²) in [6, 6.07) is 10.3. The van der Waals surface area contributed by atoms with Crippen LogP contribution in [0.4, 0.5) is 10.5 Å². The SMILES string of the molecule is CC1NC(=O)N(CCCCCN2CCN(c3ccccc3)CC2)C(=O)C1C. The summed E-state index contributed by atoms with van der Waals surface area (Å²) in [5.41, 5.74) is 1.31. The lowest BCUT2D eigenvalue weighted by molar-refractivity contribution is -0.134. The van der Waals surface area contributed by atoms with Crippen LogP contribution >= 0.6 is 0 Å². The molecule has 148 valence electrons. The molecule has 2 atom stereocenters. The number of amides is 3. The highest BCUT2D eigenvalue weighted by atomic mass is 16.2. The van der Waals surface area contributed by atoms with Crippen LogP contribution in [0.5, 0.6) is 0 Å². The molecule has 2 aliphatic heterocycles. The normalized spacial score (nSPS) is 24.2. The van der Waals surface area contributed by atoms with Crippen LogP contribution < -0.4 is 10.2 Å².